The molecule has 0 spiro atoms. The summed E-state index contributed by atoms with van der Waals surface area (Å²) < 4.78 is 9.48. The minimum Gasteiger partial charge on any atom is -0.468 e. The zero-order valence-corrected chi connectivity index (χ0v) is 7.49. The molecule has 0 amide bonds. The number of furan rings is 1. The highest BCUT2D eigenvalue weighted by Gasteiger charge is 2.15. The lowest BCUT2D eigenvalue weighted by Gasteiger charge is -1.97. The second-order valence-corrected chi connectivity index (χ2v) is 2.63. The summed E-state index contributed by atoms with van der Waals surface area (Å²) in [4.78, 5) is 21.8. The average molecular weight is 182 g/mol. The number of hydrogen-bond acceptors (Lipinski definition) is 4. The molecule has 0 saturated carbocycles. The third-order valence-corrected chi connectivity index (χ3v) is 1.56. The van der Waals surface area contributed by atoms with Crippen molar-refractivity contribution in [3.63, 3.8) is 0 Å². The lowest BCUT2D eigenvalue weighted by molar-refractivity contribution is -0.116. The molecule has 0 radical (unpaired) electrons. The minimum absolute atomic E-state index is 0.0555. The highest BCUT2D eigenvalue weighted by molar-refractivity contribution is 5.92. The number of methoxy groups -OCH3 is 1. The first-order valence-corrected chi connectivity index (χ1v) is 3.79. The largest absolute Gasteiger partial charge is 0.468 e. The van der Waals surface area contributed by atoms with E-state index in [1.165, 1.54) is 26.4 Å². The lowest BCUT2D eigenvalue weighted by atomic mass is 10.1. The monoisotopic (exact) mass is 182 g/mol. The van der Waals surface area contributed by atoms with E-state index < -0.39 is 5.97 Å². The quantitative estimate of drug-likeness (QED) is 0.659. The van der Waals surface area contributed by atoms with Crippen LogP contribution < -0.4 is 0 Å². The molecule has 0 aliphatic heterocycles. The number of carbonyl (C=O) groups excluding carboxylic acids is 2. The van der Waals surface area contributed by atoms with Gasteiger partial charge in [-0.1, -0.05) is 0 Å². The Hall–Kier alpha value is -1.58. The van der Waals surface area contributed by atoms with Crippen LogP contribution in [-0.4, -0.2) is 18.9 Å². The van der Waals surface area contributed by atoms with Crippen molar-refractivity contribution < 1.29 is 18.7 Å². The summed E-state index contributed by atoms with van der Waals surface area (Å²) in [5.74, 6) is -0.176. The minimum atomic E-state index is -0.481. The van der Waals surface area contributed by atoms with Crippen LogP contribution >= 0.6 is 0 Å². The van der Waals surface area contributed by atoms with Gasteiger partial charge in [0.25, 0.3) is 0 Å². The molecule has 1 rings (SSSR count). The van der Waals surface area contributed by atoms with E-state index >= 15 is 0 Å². The fraction of sp³-hybridized carbons (Fsp3) is 0.333. The maximum atomic E-state index is 11.1. The zero-order chi connectivity index (χ0) is 9.84. The van der Waals surface area contributed by atoms with Crippen LogP contribution in [0.1, 0.15) is 23.0 Å². The van der Waals surface area contributed by atoms with Gasteiger partial charge in [-0.25, -0.2) is 4.79 Å². The molecule has 0 atom stereocenters. The third-order valence-electron chi connectivity index (χ3n) is 1.56. The predicted molar refractivity (Wildman–Crippen MR) is 44.4 cm³/mol. The number of Topliss-reactive ketones (excluding diaryl/α,β-unsaturated/α-hetero) is 1. The predicted octanol–water partition coefficient (Wildman–Crippen LogP) is 1.20. The van der Waals surface area contributed by atoms with E-state index in [4.69, 9.17) is 4.42 Å². The molecule has 1 aromatic heterocycles. The van der Waals surface area contributed by atoms with Gasteiger partial charge < -0.3 is 9.15 Å². The molecule has 0 aromatic carbocycles. The molecule has 0 aliphatic carbocycles. The van der Waals surface area contributed by atoms with E-state index in [1.807, 2.05) is 0 Å². The van der Waals surface area contributed by atoms with E-state index in [9.17, 15) is 9.59 Å². The molecular weight excluding hydrogens is 172 g/mol. The van der Waals surface area contributed by atoms with Crippen molar-refractivity contribution in [1.82, 2.24) is 0 Å². The SMILES string of the molecule is COC(=O)c1ccoc1CC(C)=O. The van der Waals surface area contributed by atoms with E-state index in [0.717, 1.165) is 0 Å². The van der Waals surface area contributed by atoms with Crippen LogP contribution in [0.4, 0.5) is 0 Å². The van der Waals surface area contributed by atoms with Crippen molar-refractivity contribution >= 4 is 11.8 Å². The molecule has 0 saturated heterocycles. The van der Waals surface area contributed by atoms with Crippen LogP contribution in [0.3, 0.4) is 0 Å². The molecule has 0 unspecified atom stereocenters. The standard InChI is InChI=1S/C9H10O4/c1-6(10)5-8-7(3-4-13-8)9(11)12-2/h3-4H,5H2,1-2H3. The van der Waals surface area contributed by atoms with Crippen LogP contribution in [0.25, 0.3) is 0 Å². The number of ketones is 1. The summed E-state index contributed by atoms with van der Waals surface area (Å²) in [6, 6.07) is 1.49. The fourth-order valence-electron chi connectivity index (χ4n) is 0.995. The number of esters is 1. The molecule has 4 nitrogen and oxygen atoms in total. The molecular formula is C9H10O4. The molecule has 0 aliphatic rings. The van der Waals surface area contributed by atoms with Gasteiger partial charge in [0, 0.05) is 0 Å². The van der Waals surface area contributed by atoms with Gasteiger partial charge in [-0.05, 0) is 13.0 Å². The first-order valence-electron chi connectivity index (χ1n) is 3.79. The lowest BCUT2D eigenvalue weighted by Crippen LogP contribution is -2.05. The molecule has 70 valence electrons. The topological polar surface area (TPSA) is 56.5 Å². The zero-order valence-electron chi connectivity index (χ0n) is 7.49. The van der Waals surface area contributed by atoms with Crippen molar-refractivity contribution in [3.8, 4) is 0 Å². The van der Waals surface area contributed by atoms with Gasteiger partial charge in [0.1, 0.15) is 17.1 Å². The van der Waals surface area contributed by atoms with E-state index in [0.29, 0.717) is 11.3 Å². The van der Waals surface area contributed by atoms with Gasteiger partial charge in [0.15, 0.2) is 0 Å². The van der Waals surface area contributed by atoms with Crippen LogP contribution in [0, 0.1) is 0 Å². The smallest absolute Gasteiger partial charge is 0.341 e. The van der Waals surface area contributed by atoms with Crippen molar-refractivity contribution in [2.75, 3.05) is 7.11 Å². The summed E-state index contributed by atoms with van der Waals surface area (Å²) in [6.07, 6.45) is 1.49. The summed E-state index contributed by atoms with van der Waals surface area (Å²) in [5.41, 5.74) is 0.317. The van der Waals surface area contributed by atoms with Crippen molar-refractivity contribution in [2.24, 2.45) is 0 Å². The van der Waals surface area contributed by atoms with Gasteiger partial charge in [0.2, 0.25) is 0 Å². The average Bonchev–Trinajstić information content (AvgIpc) is 2.50. The Kier molecular flexibility index (Phi) is 2.84. The van der Waals surface area contributed by atoms with E-state index in [-0.39, 0.29) is 12.2 Å². The third kappa shape index (κ3) is 2.18. The Balaban J connectivity index is 2.89. The molecule has 13 heavy (non-hydrogen) atoms. The number of hydrogen-bond donors (Lipinski definition) is 0. The normalized spacial score (nSPS) is 9.69. The number of carbonyl (C=O) groups is 2. The molecule has 0 bridgehead atoms. The van der Waals surface area contributed by atoms with Gasteiger partial charge in [-0.3, -0.25) is 4.79 Å². The van der Waals surface area contributed by atoms with E-state index in [1.54, 1.807) is 0 Å². The Morgan fingerprint density at radius 2 is 2.23 bits per heavy atom. The first-order chi connectivity index (χ1) is 6.15. The van der Waals surface area contributed by atoms with Gasteiger partial charge >= 0.3 is 5.97 Å². The van der Waals surface area contributed by atoms with Gasteiger partial charge in [-0.15, -0.1) is 0 Å². The molecule has 1 heterocycles. The second-order valence-electron chi connectivity index (χ2n) is 2.63. The van der Waals surface area contributed by atoms with Crippen LogP contribution in [0.2, 0.25) is 0 Å². The molecule has 0 N–H and O–H groups in total. The van der Waals surface area contributed by atoms with Gasteiger partial charge in [0.05, 0.1) is 19.8 Å². The Morgan fingerprint density at radius 1 is 1.54 bits per heavy atom. The summed E-state index contributed by atoms with van der Waals surface area (Å²) >= 11 is 0. The second kappa shape index (κ2) is 3.89. The van der Waals surface area contributed by atoms with E-state index in [2.05, 4.69) is 4.74 Å². The summed E-state index contributed by atoms with van der Waals surface area (Å²) in [5, 5.41) is 0. The van der Waals surface area contributed by atoms with Crippen molar-refractivity contribution in [2.45, 2.75) is 13.3 Å². The highest BCUT2D eigenvalue weighted by atomic mass is 16.5. The maximum absolute atomic E-state index is 11.1. The summed E-state index contributed by atoms with van der Waals surface area (Å²) in [7, 11) is 1.28. The number of rotatable bonds is 3. The van der Waals surface area contributed by atoms with Crippen molar-refractivity contribution in [1.29, 1.82) is 0 Å². The Labute approximate surface area is 75.5 Å². The molecule has 4 heteroatoms. The first kappa shape index (κ1) is 9.51. The van der Waals surface area contributed by atoms with Gasteiger partial charge in [-0.2, -0.15) is 0 Å². The Morgan fingerprint density at radius 3 is 2.77 bits per heavy atom. The van der Waals surface area contributed by atoms with Crippen LogP contribution in [0.15, 0.2) is 16.7 Å². The number of ether oxygens (including phenoxy) is 1. The molecule has 0 fully saturated rings. The summed E-state index contributed by atoms with van der Waals surface area (Å²) in [6.45, 7) is 1.43. The molecule has 1 aromatic rings. The van der Waals surface area contributed by atoms with Crippen molar-refractivity contribution in [3.05, 3.63) is 23.7 Å². The highest BCUT2D eigenvalue weighted by Crippen LogP contribution is 2.12. The Bertz CT molecular complexity index is 324. The van der Waals surface area contributed by atoms with Crippen LogP contribution in [0.5, 0.6) is 0 Å². The maximum Gasteiger partial charge on any atom is 0.341 e. The fourth-order valence-corrected chi connectivity index (χ4v) is 0.995. The van der Waals surface area contributed by atoms with Crippen LogP contribution in [-0.2, 0) is 16.0 Å².